The average Bonchev–Trinajstić information content (AvgIpc) is 2.25. The van der Waals surface area contributed by atoms with E-state index >= 15 is 0 Å². The van der Waals surface area contributed by atoms with Gasteiger partial charge in [-0.2, -0.15) is 0 Å². The zero-order valence-corrected chi connectivity index (χ0v) is 10.8. The number of hydrogen-bond donors (Lipinski definition) is 0. The van der Waals surface area contributed by atoms with E-state index in [2.05, 4.69) is 24.1 Å². The van der Waals surface area contributed by atoms with Gasteiger partial charge in [0.15, 0.2) is 0 Å². The lowest BCUT2D eigenvalue weighted by atomic mass is 10.2. The molecule has 0 amide bonds. The zero-order chi connectivity index (χ0) is 12.0. The second kappa shape index (κ2) is 6.56. The molecule has 88 valence electrons. The SMILES string of the molecule is C/C=C(\COC)N(C)Cc1cccc(Cl)c1. The third-order valence-electron chi connectivity index (χ3n) is 2.42. The summed E-state index contributed by atoms with van der Waals surface area (Å²) in [6.07, 6.45) is 2.06. The van der Waals surface area contributed by atoms with Crippen molar-refractivity contribution in [2.24, 2.45) is 0 Å². The van der Waals surface area contributed by atoms with E-state index in [1.807, 2.05) is 25.1 Å². The average molecular weight is 240 g/mol. The van der Waals surface area contributed by atoms with Crippen LogP contribution in [0.1, 0.15) is 12.5 Å². The van der Waals surface area contributed by atoms with Crippen LogP contribution in [-0.4, -0.2) is 25.7 Å². The smallest absolute Gasteiger partial charge is 0.0857 e. The molecule has 0 bridgehead atoms. The van der Waals surface area contributed by atoms with Gasteiger partial charge in [0.25, 0.3) is 0 Å². The van der Waals surface area contributed by atoms with E-state index in [1.54, 1.807) is 7.11 Å². The summed E-state index contributed by atoms with van der Waals surface area (Å²) in [5, 5.41) is 0.777. The summed E-state index contributed by atoms with van der Waals surface area (Å²) in [4.78, 5) is 2.16. The molecule has 16 heavy (non-hydrogen) atoms. The van der Waals surface area contributed by atoms with Gasteiger partial charge in [0, 0.05) is 31.4 Å². The van der Waals surface area contributed by atoms with Crippen LogP contribution in [0.5, 0.6) is 0 Å². The highest BCUT2D eigenvalue weighted by molar-refractivity contribution is 6.30. The minimum absolute atomic E-state index is 0.633. The molecule has 0 aliphatic heterocycles. The van der Waals surface area contributed by atoms with Crippen LogP contribution in [-0.2, 0) is 11.3 Å². The maximum atomic E-state index is 5.95. The molecule has 1 aromatic rings. The Labute approximate surface area is 102 Å². The minimum Gasteiger partial charge on any atom is -0.379 e. The van der Waals surface area contributed by atoms with Crippen LogP contribution in [0.25, 0.3) is 0 Å². The van der Waals surface area contributed by atoms with Crippen molar-refractivity contribution in [3.63, 3.8) is 0 Å². The van der Waals surface area contributed by atoms with Gasteiger partial charge in [-0.15, -0.1) is 0 Å². The van der Waals surface area contributed by atoms with E-state index < -0.39 is 0 Å². The van der Waals surface area contributed by atoms with E-state index in [0.717, 1.165) is 11.6 Å². The molecule has 0 aliphatic carbocycles. The Morgan fingerprint density at radius 2 is 2.25 bits per heavy atom. The second-order valence-corrected chi connectivity index (χ2v) is 4.14. The van der Waals surface area contributed by atoms with Crippen molar-refractivity contribution in [1.29, 1.82) is 0 Å². The zero-order valence-electron chi connectivity index (χ0n) is 10.0. The van der Waals surface area contributed by atoms with Crippen LogP contribution in [0.15, 0.2) is 36.0 Å². The Balaban J connectivity index is 2.66. The summed E-state index contributed by atoms with van der Waals surface area (Å²) in [6, 6.07) is 7.91. The summed E-state index contributed by atoms with van der Waals surface area (Å²) >= 11 is 5.95. The molecule has 3 heteroatoms. The van der Waals surface area contributed by atoms with E-state index in [0.29, 0.717) is 6.61 Å². The van der Waals surface area contributed by atoms with Gasteiger partial charge in [0.2, 0.25) is 0 Å². The van der Waals surface area contributed by atoms with Gasteiger partial charge in [0.05, 0.1) is 6.61 Å². The van der Waals surface area contributed by atoms with Crippen molar-refractivity contribution in [3.8, 4) is 0 Å². The van der Waals surface area contributed by atoms with Crippen LogP contribution in [0.2, 0.25) is 5.02 Å². The predicted molar refractivity (Wildman–Crippen MR) is 68.6 cm³/mol. The van der Waals surface area contributed by atoms with Gasteiger partial charge in [-0.05, 0) is 24.6 Å². The molecule has 1 aromatic carbocycles. The lowest BCUT2D eigenvalue weighted by molar-refractivity contribution is 0.195. The Morgan fingerprint density at radius 1 is 1.50 bits per heavy atom. The highest BCUT2D eigenvalue weighted by Crippen LogP contribution is 2.14. The normalized spacial score (nSPS) is 11.6. The van der Waals surface area contributed by atoms with Crippen LogP contribution < -0.4 is 0 Å². The number of benzene rings is 1. The first kappa shape index (κ1) is 13.1. The Bertz CT molecular complexity index is 363. The quantitative estimate of drug-likeness (QED) is 0.782. The number of methoxy groups -OCH3 is 1. The van der Waals surface area contributed by atoms with Crippen LogP contribution in [0.3, 0.4) is 0 Å². The Kier molecular flexibility index (Phi) is 5.36. The summed E-state index contributed by atoms with van der Waals surface area (Å²) in [5.74, 6) is 0. The van der Waals surface area contributed by atoms with E-state index in [4.69, 9.17) is 16.3 Å². The summed E-state index contributed by atoms with van der Waals surface area (Å²) in [5.41, 5.74) is 2.37. The molecule has 0 N–H and O–H groups in total. The van der Waals surface area contributed by atoms with Gasteiger partial charge in [-0.1, -0.05) is 29.8 Å². The number of halogens is 1. The third kappa shape index (κ3) is 3.87. The number of ether oxygens (including phenoxy) is 1. The molecule has 0 unspecified atom stereocenters. The monoisotopic (exact) mass is 239 g/mol. The number of likely N-dealkylation sites (N-methyl/N-ethyl adjacent to an activating group) is 1. The number of allylic oxidation sites excluding steroid dienone is 1. The third-order valence-corrected chi connectivity index (χ3v) is 2.66. The fraction of sp³-hybridized carbons (Fsp3) is 0.385. The molecule has 0 saturated heterocycles. The topological polar surface area (TPSA) is 12.5 Å². The van der Waals surface area contributed by atoms with Gasteiger partial charge >= 0.3 is 0 Å². The van der Waals surface area contributed by atoms with Crippen LogP contribution >= 0.6 is 11.6 Å². The lowest BCUT2D eigenvalue weighted by Gasteiger charge is -2.22. The molecule has 0 fully saturated rings. The highest BCUT2D eigenvalue weighted by Gasteiger charge is 2.04. The largest absolute Gasteiger partial charge is 0.379 e. The minimum atomic E-state index is 0.633. The van der Waals surface area contributed by atoms with Crippen molar-refractivity contribution < 1.29 is 4.74 Å². The molecule has 0 atom stereocenters. The molecule has 0 saturated carbocycles. The Morgan fingerprint density at radius 3 is 2.81 bits per heavy atom. The maximum absolute atomic E-state index is 5.95. The molecular formula is C13H18ClNO. The molecule has 0 radical (unpaired) electrons. The number of rotatable bonds is 5. The van der Waals surface area contributed by atoms with Gasteiger partial charge in [0.1, 0.15) is 0 Å². The van der Waals surface area contributed by atoms with E-state index in [1.165, 1.54) is 11.3 Å². The molecule has 0 aliphatic rings. The summed E-state index contributed by atoms with van der Waals surface area (Å²) in [7, 11) is 3.76. The predicted octanol–water partition coefficient (Wildman–Crippen LogP) is 3.32. The fourth-order valence-corrected chi connectivity index (χ4v) is 1.79. The van der Waals surface area contributed by atoms with E-state index in [-0.39, 0.29) is 0 Å². The fourth-order valence-electron chi connectivity index (χ4n) is 1.57. The van der Waals surface area contributed by atoms with Gasteiger partial charge in [-0.25, -0.2) is 0 Å². The van der Waals surface area contributed by atoms with Crippen molar-refractivity contribution in [2.45, 2.75) is 13.5 Å². The van der Waals surface area contributed by atoms with Gasteiger partial charge in [-0.3, -0.25) is 0 Å². The van der Waals surface area contributed by atoms with Crippen LogP contribution in [0.4, 0.5) is 0 Å². The number of nitrogens with zero attached hydrogens (tertiary/aromatic N) is 1. The van der Waals surface area contributed by atoms with E-state index in [9.17, 15) is 0 Å². The van der Waals surface area contributed by atoms with Crippen molar-refractivity contribution in [1.82, 2.24) is 4.90 Å². The van der Waals surface area contributed by atoms with Crippen molar-refractivity contribution in [3.05, 3.63) is 46.6 Å². The molecule has 1 rings (SSSR count). The standard InChI is InChI=1S/C13H18ClNO/c1-4-13(10-16-3)15(2)9-11-6-5-7-12(14)8-11/h4-8H,9-10H2,1-3H3/b13-4+. The first-order valence-corrected chi connectivity index (χ1v) is 5.65. The molecule has 0 heterocycles. The first-order chi connectivity index (χ1) is 7.67. The van der Waals surface area contributed by atoms with Gasteiger partial charge < -0.3 is 9.64 Å². The second-order valence-electron chi connectivity index (χ2n) is 3.70. The molecule has 0 spiro atoms. The molecule has 0 aromatic heterocycles. The lowest BCUT2D eigenvalue weighted by Crippen LogP contribution is -2.20. The highest BCUT2D eigenvalue weighted by atomic mass is 35.5. The summed E-state index contributed by atoms with van der Waals surface area (Å²) in [6.45, 7) is 3.49. The maximum Gasteiger partial charge on any atom is 0.0857 e. The first-order valence-electron chi connectivity index (χ1n) is 5.27. The Hall–Kier alpha value is -0.990. The van der Waals surface area contributed by atoms with Crippen LogP contribution in [0, 0.1) is 0 Å². The van der Waals surface area contributed by atoms with Crippen molar-refractivity contribution in [2.75, 3.05) is 20.8 Å². The molecular weight excluding hydrogens is 222 g/mol. The number of hydrogen-bond acceptors (Lipinski definition) is 2. The summed E-state index contributed by atoms with van der Waals surface area (Å²) < 4.78 is 5.14. The molecule has 2 nitrogen and oxygen atoms in total. The van der Waals surface area contributed by atoms with Crippen molar-refractivity contribution >= 4 is 11.6 Å².